The quantitative estimate of drug-likeness (QED) is 0.762. The molecule has 0 fully saturated rings. The minimum atomic E-state index is -3.79. The number of aliphatic carboxylic acids is 1. The SMILES string of the molecule is Cc1n[nH]c(C)c1S(=O)(=O)N(C)CC(=O)O. The third-order valence-electron chi connectivity index (χ3n) is 2.09. The highest BCUT2D eigenvalue weighted by Gasteiger charge is 2.28. The first-order valence-electron chi connectivity index (χ1n) is 4.46. The maximum atomic E-state index is 12.0. The van der Waals surface area contributed by atoms with Crippen molar-refractivity contribution in [3.8, 4) is 0 Å². The third kappa shape index (κ3) is 2.22. The number of nitrogens with zero attached hydrogens (tertiary/aromatic N) is 2. The number of hydrogen-bond donors (Lipinski definition) is 2. The first-order valence-corrected chi connectivity index (χ1v) is 5.90. The van der Waals surface area contributed by atoms with Crippen LogP contribution >= 0.6 is 0 Å². The Morgan fingerprint density at radius 2 is 2.06 bits per heavy atom. The summed E-state index contributed by atoms with van der Waals surface area (Å²) in [5.74, 6) is -1.20. The number of aromatic nitrogens is 2. The van der Waals surface area contributed by atoms with Crippen LogP contribution in [0.25, 0.3) is 0 Å². The standard InChI is InChI=1S/C8H13N3O4S/c1-5-8(6(2)10-9-5)16(14,15)11(3)4-7(12)13/h4H2,1-3H3,(H,9,10)(H,12,13). The van der Waals surface area contributed by atoms with E-state index >= 15 is 0 Å². The fourth-order valence-electron chi connectivity index (χ4n) is 1.35. The molecule has 0 aliphatic heterocycles. The van der Waals surface area contributed by atoms with E-state index in [0.29, 0.717) is 11.4 Å². The second kappa shape index (κ2) is 4.22. The summed E-state index contributed by atoms with van der Waals surface area (Å²) in [6.07, 6.45) is 0. The number of H-pyrrole nitrogens is 1. The zero-order valence-electron chi connectivity index (χ0n) is 9.18. The number of carboxylic acid groups (broad SMARTS) is 1. The monoisotopic (exact) mass is 247 g/mol. The predicted octanol–water partition coefficient (Wildman–Crippen LogP) is -0.268. The maximum absolute atomic E-state index is 12.0. The summed E-state index contributed by atoms with van der Waals surface area (Å²) in [5.41, 5.74) is 0.726. The van der Waals surface area contributed by atoms with E-state index in [1.165, 1.54) is 7.05 Å². The molecule has 0 aliphatic carbocycles. The van der Waals surface area contributed by atoms with Crippen LogP contribution in [-0.4, -0.2) is 47.6 Å². The van der Waals surface area contributed by atoms with Crippen LogP contribution in [0, 0.1) is 13.8 Å². The molecule has 7 nitrogen and oxygen atoms in total. The van der Waals surface area contributed by atoms with E-state index in [1.807, 2.05) is 0 Å². The van der Waals surface area contributed by atoms with Gasteiger partial charge in [0.25, 0.3) is 0 Å². The molecule has 8 heteroatoms. The van der Waals surface area contributed by atoms with E-state index in [2.05, 4.69) is 10.2 Å². The van der Waals surface area contributed by atoms with Gasteiger partial charge in [0.05, 0.1) is 11.4 Å². The van der Waals surface area contributed by atoms with Crippen molar-refractivity contribution in [2.24, 2.45) is 0 Å². The van der Waals surface area contributed by atoms with Crippen molar-refractivity contribution in [2.75, 3.05) is 13.6 Å². The molecular formula is C8H13N3O4S. The predicted molar refractivity (Wildman–Crippen MR) is 55.5 cm³/mol. The molecule has 2 N–H and O–H groups in total. The van der Waals surface area contributed by atoms with Crippen molar-refractivity contribution in [1.82, 2.24) is 14.5 Å². The molecule has 0 spiro atoms. The van der Waals surface area contributed by atoms with Crippen molar-refractivity contribution >= 4 is 16.0 Å². The number of rotatable bonds is 4. The summed E-state index contributed by atoms with van der Waals surface area (Å²) in [7, 11) is -2.58. The molecule has 16 heavy (non-hydrogen) atoms. The van der Waals surface area contributed by atoms with E-state index in [1.54, 1.807) is 13.8 Å². The second-order valence-electron chi connectivity index (χ2n) is 3.42. The van der Waals surface area contributed by atoms with E-state index in [0.717, 1.165) is 4.31 Å². The average molecular weight is 247 g/mol. The Hall–Kier alpha value is -1.41. The van der Waals surface area contributed by atoms with Crippen molar-refractivity contribution in [1.29, 1.82) is 0 Å². The topological polar surface area (TPSA) is 103 Å². The van der Waals surface area contributed by atoms with Gasteiger partial charge in [-0.25, -0.2) is 8.42 Å². The maximum Gasteiger partial charge on any atom is 0.318 e. The Kier molecular flexibility index (Phi) is 3.34. The highest BCUT2D eigenvalue weighted by Crippen LogP contribution is 2.20. The molecule has 90 valence electrons. The zero-order chi connectivity index (χ0) is 12.5. The lowest BCUT2D eigenvalue weighted by atomic mass is 10.4. The molecule has 0 unspecified atom stereocenters. The lowest BCUT2D eigenvalue weighted by Gasteiger charge is -2.14. The minimum Gasteiger partial charge on any atom is -0.480 e. The van der Waals surface area contributed by atoms with Crippen LogP contribution in [0.1, 0.15) is 11.4 Å². The van der Waals surface area contributed by atoms with Crippen molar-refractivity contribution in [3.63, 3.8) is 0 Å². The van der Waals surface area contributed by atoms with Gasteiger partial charge in [0.1, 0.15) is 11.4 Å². The summed E-state index contributed by atoms with van der Waals surface area (Å²) < 4.78 is 24.7. The largest absolute Gasteiger partial charge is 0.480 e. The summed E-state index contributed by atoms with van der Waals surface area (Å²) in [6.45, 7) is 2.54. The molecular weight excluding hydrogens is 234 g/mol. The summed E-state index contributed by atoms with van der Waals surface area (Å²) >= 11 is 0. The van der Waals surface area contributed by atoms with Crippen LogP contribution in [0.3, 0.4) is 0 Å². The van der Waals surface area contributed by atoms with Crippen LogP contribution in [0.2, 0.25) is 0 Å². The van der Waals surface area contributed by atoms with E-state index in [-0.39, 0.29) is 4.90 Å². The molecule has 1 aromatic rings. The number of aryl methyl sites for hydroxylation is 2. The number of sulfonamides is 1. The molecule has 0 aliphatic rings. The number of likely N-dealkylation sites (N-methyl/N-ethyl adjacent to an activating group) is 1. The summed E-state index contributed by atoms with van der Waals surface area (Å²) in [4.78, 5) is 10.5. The van der Waals surface area contributed by atoms with Crippen molar-refractivity contribution < 1.29 is 18.3 Å². The van der Waals surface area contributed by atoms with Gasteiger partial charge in [-0.2, -0.15) is 9.40 Å². The number of carbonyl (C=O) groups is 1. The number of nitrogens with one attached hydrogen (secondary N) is 1. The van der Waals surface area contributed by atoms with Crippen molar-refractivity contribution in [3.05, 3.63) is 11.4 Å². The van der Waals surface area contributed by atoms with Gasteiger partial charge in [0.15, 0.2) is 0 Å². The first-order chi connectivity index (χ1) is 7.26. The van der Waals surface area contributed by atoms with Crippen LogP contribution in [0.5, 0.6) is 0 Å². The number of hydrogen-bond acceptors (Lipinski definition) is 4. The van der Waals surface area contributed by atoms with E-state index in [9.17, 15) is 13.2 Å². The second-order valence-corrected chi connectivity index (χ2v) is 5.40. The average Bonchev–Trinajstić information content (AvgIpc) is 2.45. The fraction of sp³-hybridized carbons (Fsp3) is 0.500. The van der Waals surface area contributed by atoms with Gasteiger partial charge in [0.2, 0.25) is 10.0 Å². The Morgan fingerprint density at radius 1 is 1.50 bits per heavy atom. The minimum absolute atomic E-state index is 0.0382. The molecule has 0 bridgehead atoms. The molecule has 0 atom stereocenters. The van der Waals surface area contributed by atoms with Gasteiger partial charge in [-0.3, -0.25) is 9.89 Å². The zero-order valence-corrected chi connectivity index (χ0v) is 10.00. The molecule has 1 aromatic heterocycles. The Morgan fingerprint density at radius 3 is 2.44 bits per heavy atom. The van der Waals surface area contributed by atoms with E-state index in [4.69, 9.17) is 5.11 Å². The van der Waals surface area contributed by atoms with Gasteiger partial charge in [-0.05, 0) is 13.8 Å². The van der Waals surface area contributed by atoms with Gasteiger partial charge in [-0.15, -0.1) is 0 Å². The Bertz CT molecular complexity index is 486. The highest BCUT2D eigenvalue weighted by atomic mass is 32.2. The highest BCUT2D eigenvalue weighted by molar-refractivity contribution is 7.89. The Labute approximate surface area is 93.1 Å². The molecule has 0 aromatic carbocycles. The van der Waals surface area contributed by atoms with Gasteiger partial charge in [0, 0.05) is 7.05 Å². The van der Waals surface area contributed by atoms with Crippen LogP contribution < -0.4 is 0 Å². The normalized spacial score (nSPS) is 12.0. The number of carboxylic acids is 1. The lowest BCUT2D eigenvalue weighted by Crippen LogP contribution is -2.32. The van der Waals surface area contributed by atoms with Gasteiger partial charge in [-0.1, -0.05) is 0 Å². The van der Waals surface area contributed by atoms with Gasteiger partial charge < -0.3 is 5.11 Å². The lowest BCUT2D eigenvalue weighted by molar-refractivity contribution is -0.137. The van der Waals surface area contributed by atoms with Crippen LogP contribution in [0.4, 0.5) is 0 Å². The first kappa shape index (κ1) is 12.7. The fourth-order valence-corrected chi connectivity index (χ4v) is 2.80. The molecule has 1 rings (SSSR count). The smallest absolute Gasteiger partial charge is 0.318 e. The Balaban J connectivity index is 3.17. The molecule has 0 saturated heterocycles. The summed E-state index contributed by atoms with van der Waals surface area (Å²) in [5, 5.41) is 14.9. The van der Waals surface area contributed by atoms with E-state index < -0.39 is 22.5 Å². The van der Waals surface area contributed by atoms with Crippen molar-refractivity contribution in [2.45, 2.75) is 18.7 Å². The third-order valence-corrected chi connectivity index (χ3v) is 4.15. The van der Waals surface area contributed by atoms with Crippen LogP contribution in [0.15, 0.2) is 4.90 Å². The van der Waals surface area contributed by atoms with Gasteiger partial charge >= 0.3 is 5.97 Å². The number of aromatic amines is 1. The molecule has 1 heterocycles. The molecule has 0 amide bonds. The van der Waals surface area contributed by atoms with Crippen LogP contribution in [-0.2, 0) is 14.8 Å². The molecule has 0 saturated carbocycles. The molecule has 0 radical (unpaired) electrons. The summed E-state index contributed by atoms with van der Waals surface area (Å²) in [6, 6.07) is 0.